The summed E-state index contributed by atoms with van der Waals surface area (Å²) in [6.45, 7) is 3.83. The maximum Gasteiger partial charge on any atom is 0.239 e. The van der Waals surface area contributed by atoms with E-state index in [1.807, 2.05) is 6.92 Å². The van der Waals surface area contributed by atoms with Crippen molar-refractivity contribution in [3.8, 4) is 0 Å². The molecule has 0 rings (SSSR count). The molecule has 1 amide bonds. The summed E-state index contributed by atoms with van der Waals surface area (Å²) in [6.07, 6.45) is 2.14. The van der Waals surface area contributed by atoms with Crippen LogP contribution in [0.15, 0.2) is 0 Å². The van der Waals surface area contributed by atoms with E-state index in [1.54, 1.807) is 6.92 Å². The average Bonchev–Trinajstić information content (AvgIpc) is 2.10. The highest BCUT2D eigenvalue weighted by Crippen LogP contribution is 2.03. The van der Waals surface area contributed by atoms with E-state index >= 15 is 0 Å². The number of hydrogen-bond donors (Lipinski definition) is 2. The number of sulfone groups is 1. The third kappa shape index (κ3) is 6.46. The molecule has 0 heterocycles. The highest BCUT2D eigenvalue weighted by atomic mass is 32.2. The van der Waals surface area contributed by atoms with Gasteiger partial charge in [0.15, 0.2) is 0 Å². The van der Waals surface area contributed by atoms with Crippen molar-refractivity contribution >= 4 is 15.7 Å². The molecule has 0 saturated heterocycles. The highest BCUT2D eigenvalue weighted by Gasteiger charge is 2.25. The molecule has 0 aliphatic heterocycles. The van der Waals surface area contributed by atoms with E-state index < -0.39 is 15.4 Å². The van der Waals surface area contributed by atoms with Crippen LogP contribution in [0.25, 0.3) is 0 Å². The van der Waals surface area contributed by atoms with Crippen LogP contribution in [-0.2, 0) is 14.6 Å². The molecule has 0 saturated carbocycles. The lowest BCUT2D eigenvalue weighted by atomic mass is 10.00. The molecule has 0 aliphatic rings. The minimum Gasteiger partial charge on any atom is -0.354 e. The quantitative estimate of drug-likeness (QED) is 0.618. The molecule has 0 aromatic heterocycles. The van der Waals surface area contributed by atoms with Gasteiger partial charge in [-0.2, -0.15) is 0 Å². The Morgan fingerprint density at radius 1 is 1.47 bits per heavy atom. The molecule has 3 N–H and O–H groups in total. The Balaban J connectivity index is 3.84. The monoisotopic (exact) mass is 236 g/mol. The van der Waals surface area contributed by atoms with Crippen LogP contribution in [-0.4, -0.2) is 38.4 Å². The van der Waals surface area contributed by atoms with Crippen molar-refractivity contribution in [1.82, 2.24) is 5.32 Å². The van der Waals surface area contributed by atoms with Gasteiger partial charge in [0.25, 0.3) is 0 Å². The van der Waals surface area contributed by atoms with Crippen LogP contribution in [0, 0.1) is 0 Å². The van der Waals surface area contributed by atoms with Crippen LogP contribution in [0.2, 0.25) is 0 Å². The van der Waals surface area contributed by atoms with Crippen LogP contribution in [0.5, 0.6) is 0 Å². The predicted molar refractivity (Wildman–Crippen MR) is 60.2 cm³/mol. The first kappa shape index (κ1) is 14.4. The molecule has 15 heavy (non-hydrogen) atoms. The zero-order valence-corrected chi connectivity index (χ0v) is 10.4. The summed E-state index contributed by atoms with van der Waals surface area (Å²) in [4.78, 5) is 11.4. The maximum atomic E-state index is 11.4. The molecule has 90 valence electrons. The fourth-order valence-corrected chi connectivity index (χ4v) is 1.57. The summed E-state index contributed by atoms with van der Waals surface area (Å²) in [5.41, 5.74) is 4.83. The lowest BCUT2D eigenvalue weighted by Crippen LogP contribution is -2.51. The zero-order chi connectivity index (χ0) is 12.1. The number of nitrogens with one attached hydrogen (secondary N) is 1. The normalized spacial score (nSPS) is 15.7. The van der Waals surface area contributed by atoms with E-state index in [0.717, 1.165) is 0 Å². The van der Waals surface area contributed by atoms with Crippen molar-refractivity contribution in [3.05, 3.63) is 0 Å². The number of hydrogen-bond acceptors (Lipinski definition) is 4. The van der Waals surface area contributed by atoms with Gasteiger partial charge in [-0.1, -0.05) is 6.92 Å². The number of carbonyl (C=O) groups excluding carboxylic acids is 1. The van der Waals surface area contributed by atoms with Gasteiger partial charge in [-0.05, 0) is 19.8 Å². The van der Waals surface area contributed by atoms with Gasteiger partial charge in [0.2, 0.25) is 5.91 Å². The van der Waals surface area contributed by atoms with Crippen molar-refractivity contribution in [2.45, 2.75) is 32.2 Å². The predicted octanol–water partition coefficient (Wildman–Crippen LogP) is -0.335. The van der Waals surface area contributed by atoms with E-state index in [1.165, 1.54) is 6.26 Å². The zero-order valence-electron chi connectivity index (χ0n) is 9.54. The summed E-state index contributed by atoms with van der Waals surface area (Å²) < 4.78 is 21.6. The highest BCUT2D eigenvalue weighted by molar-refractivity contribution is 7.90. The Labute approximate surface area is 91.3 Å². The maximum absolute atomic E-state index is 11.4. The second-order valence-corrected chi connectivity index (χ2v) is 6.27. The third-order valence-corrected chi connectivity index (χ3v) is 3.26. The van der Waals surface area contributed by atoms with Crippen LogP contribution < -0.4 is 11.1 Å². The van der Waals surface area contributed by atoms with Crippen molar-refractivity contribution in [2.75, 3.05) is 18.6 Å². The Morgan fingerprint density at radius 2 is 2.00 bits per heavy atom. The van der Waals surface area contributed by atoms with E-state index in [9.17, 15) is 13.2 Å². The Bertz CT molecular complexity index is 309. The summed E-state index contributed by atoms with van der Waals surface area (Å²) >= 11 is 0. The second kappa shape index (κ2) is 5.46. The molecule has 0 aromatic rings. The summed E-state index contributed by atoms with van der Waals surface area (Å²) in [5, 5.41) is 2.62. The summed E-state index contributed by atoms with van der Waals surface area (Å²) in [5.74, 6) is -0.153. The molecule has 1 unspecified atom stereocenters. The minimum atomic E-state index is -2.95. The Kier molecular flexibility index (Phi) is 5.23. The van der Waals surface area contributed by atoms with Gasteiger partial charge in [0.05, 0.1) is 11.3 Å². The van der Waals surface area contributed by atoms with Crippen LogP contribution in [0.4, 0.5) is 0 Å². The largest absolute Gasteiger partial charge is 0.354 e. The van der Waals surface area contributed by atoms with Gasteiger partial charge in [0.1, 0.15) is 9.84 Å². The SMILES string of the molecule is CCC(C)(N)C(=O)NCCCS(C)(=O)=O. The van der Waals surface area contributed by atoms with Crippen molar-refractivity contribution < 1.29 is 13.2 Å². The van der Waals surface area contributed by atoms with E-state index in [4.69, 9.17) is 5.73 Å². The second-order valence-electron chi connectivity index (χ2n) is 4.01. The lowest BCUT2D eigenvalue weighted by molar-refractivity contribution is -0.125. The molecule has 0 radical (unpaired) electrons. The van der Waals surface area contributed by atoms with Crippen molar-refractivity contribution in [3.63, 3.8) is 0 Å². The number of nitrogens with two attached hydrogens (primary N) is 1. The summed E-state index contributed by atoms with van der Waals surface area (Å²) in [7, 11) is -2.95. The fourth-order valence-electron chi connectivity index (χ4n) is 0.899. The smallest absolute Gasteiger partial charge is 0.239 e. The molecule has 0 aromatic carbocycles. The molecule has 1 atom stereocenters. The fraction of sp³-hybridized carbons (Fsp3) is 0.889. The molecule has 0 bridgehead atoms. The molecule has 0 spiro atoms. The van der Waals surface area contributed by atoms with Crippen LogP contribution in [0.1, 0.15) is 26.7 Å². The first-order valence-corrected chi connectivity index (χ1v) is 7.00. The molecule has 0 aliphatic carbocycles. The first-order chi connectivity index (χ1) is 6.69. The minimum absolute atomic E-state index is 0.0840. The van der Waals surface area contributed by atoms with E-state index in [-0.39, 0.29) is 11.7 Å². The molecular formula is C9H20N2O3S. The van der Waals surface area contributed by atoms with Crippen LogP contribution in [0.3, 0.4) is 0 Å². The first-order valence-electron chi connectivity index (χ1n) is 4.94. The number of carbonyl (C=O) groups is 1. The molecule has 5 nitrogen and oxygen atoms in total. The van der Waals surface area contributed by atoms with Gasteiger partial charge in [-0.3, -0.25) is 4.79 Å². The Morgan fingerprint density at radius 3 is 2.40 bits per heavy atom. The average molecular weight is 236 g/mol. The molecule has 0 fully saturated rings. The lowest BCUT2D eigenvalue weighted by Gasteiger charge is -2.21. The van der Waals surface area contributed by atoms with E-state index in [2.05, 4.69) is 5.32 Å². The third-order valence-electron chi connectivity index (χ3n) is 2.23. The van der Waals surface area contributed by atoms with E-state index in [0.29, 0.717) is 19.4 Å². The topological polar surface area (TPSA) is 89.3 Å². The van der Waals surface area contributed by atoms with Crippen molar-refractivity contribution in [1.29, 1.82) is 0 Å². The van der Waals surface area contributed by atoms with Gasteiger partial charge in [0, 0.05) is 12.8 Å². The molecular weight excluding hydrogens is 216 g/mol. The standard InChI is InChI=1S/C9H20N2O3S/c1-4-9(2,10)8(12)11-6-5-7-15(3,13)14/h4-7,10H2,1-3H3,(H,11,12). The summed E-state index contributed by atoms with van der Waals surface area (Å²) in [6, 6.07) is 0. The van der Waals surface area contributed by atoms with Crippen molar-refractivity contribution in [2.24, 2.45) is 5.73 Å². The molecule has 6 heteroatoms. The van der Waals surface area contributed by atoms with Gasteiger partial charge < -0.3 is 11.1 Å². The van der Waals surface area contributed by atoms with Crippen LogP contribution >= 0.6 is 0 Å². The number of amides is 1. The Hall–Kier alpha value is -0.620. The van der Waals surface area contributed by atoms with Gasteiger partial charge in [-0.25, -0.2) is 8.42 Å². The van der Waals surface area contributed by atoms with Gasteiger partial charge in [-0.15, -0.1) is 0 Å². The van der Waals surface area contributed by atoms with Gasteiger partial charge >= 0.3 is 0 Å². The number of rotatable bonds is 6.